The first-order valence-corrected chi connectivity index (χ1v) is 6.40. The van der Waals surface area contributed by atoms with E-state index in [4.69, 9.17) is 0 Å². The van der Waals surface area contributed by atoms with Crippen LogP contribution in [0.4, 0.5) is 0 Å². The Bertz CT molecular complexity index is 368. The molecule has 16 heavy (non-hydrogen) atoms. The Morgan fingerprint density at radius 2 is 1.88 bits per heavy atom. The molecule has 0 heterocycles. The zero-order valence-corrected chi connectivity index (χ0v) is 11.1. The van der Waals surface area contributed by atoms with Crippen molar-refractivity contribution in [1.29, 1.82) is 0 Å². The molecule has 0 unspecified atom stereocenters. The minimum absolute atomic E-state index is 0.386. The third-order valence-corrected chi connectivity index (χ3v) is 3.37. The number of hydrogen-bond donors (Lipinski definition) is 0. The molecular formula is C16H23. The molecule has 0 amide bonds. The molecule has 87 valence electrons. The number of hydrogen-bond acceptors (Lipinski definition) is 0. The maximum Gasteiger partial charge on any atom is 0.00219 e. The van der Waals surface area contributed by atoms with Gasteiger partial charge < -0.3 is 0 Å². The fraction of sp³-hybridized carbons (Fsp3) is 0.562. The summed E-state index contributed by atoms with van der Waals surface area (Å²) in [4.78, 5) is 0. The average molecular weight is 215 g/mol. The van der Waals surface area contributed by atoms with Crippen molar-refractivity contribution in [2.45, 2.75) is 53.4 Å². The van der Waals surface area contributed by atoms with Crippen LogP contribution in [-0.4, -0.2) is 0 Å². The van der Waals surface area contributed by atoms with Crippen molar-refractivity contribution >= 4 is 0 Å². The summed E-state index contributed by atoms with van der Waals surface area (Å²) in [7, 11) is 0. The molecule has 1 aliphatic carbocycles. The highest BCUT2D eigenvalue weighted by molar-refractivity contribution is 5.43. The molecule has 1 aromatic carbocycles. The normalized spacial score (nSPS) is 17.2. The molecule has 1 aliphatic rings. The van der Waals surface area contributed by atoms with Crippen LogP contribution < -0.4 is 0 Å². The second-order valence-corrected chi connectivity index (χ2v) is 6.36. The summed E-state index contributed by atoms with van der Waals surface area (Å²) >= 11 is 0. The Morgan fingerprint density at radius 3 is 2.56 bits per heavy atom. The van der Waals surface area contributed by atoms with Crippen molar-refractivity contribution in [1.82, 2.24) is 0 Å². The van der Waals surface area contributed by atoms with E-state index in [1.165, 1.54) is 36.8 Å². The van der Waals surface area contributed by atoms with Gasteiger partial charge in [-0.15, -0.1) is 0 Å². The zero-order valence-electron chi connectivity index (χ0n) is 11.1. The van der Waals surface area contributed by atoms with Crippen LogP contribution >= 0.6 is 0 Å². The third-order valence-electron chi connectivity index (χ3n) is 3.37. The van der Waals surface area contributed by atoms with Gasteiger partial charge >= 0.3 is 0 Å². The summed E-state index contributed by atoms with van der Waals surface area (Å²) in [6.45, 7) is 9.22. The van der Waals surface area contributed by atoms with Gasteiger partial charge in [0.05, 0.1) is 0 Å². The molecule has 0 aromatic heterocycles. The van der Waals surface area contributed by atoms with Gasteiger partial charge in [-0.3, -0.25) is 0 Å². The van der Waals surface area contributed by atoms with Crippen molar-refractivity contribution in [3.8, 4) is 0 Å². The van der Waals surface area contributed by atoms with Gasteiger partial charge in [0.25, 0.3) is 0 Å². The molecule has 2 rings (SSSR count). The Labute approximate surface area is 100 Å². The summed E-state index contributed by atoms with van der Waals surface area (Å²) in [6, 6.07) is 7.09. The Kier molecular flexibility index (Phi) is 3.10. The number of fused-ring (bicyclic) bond motifs is 1. The van der Waals surface area contributed by atoms with Gasteiger partial charge in [-0.25, -0.2) is 0 Å². The second kappa shape index (κ2) is 4.24. The highest BCUT2D eigenvalue weighted by Crippen LogP contribution is 2.32. The van der Waals surface area contributed by atoms with Crippen molar-refractivity contribution < 1.29 is 0 Å². The molecule has 0 heteroatoms. The van der Waals surface area contributed by atoms with Gasteiger partial charge in [-0.05, 0) is 47.8 Å². The van der Waals surface area contributed by atoms with Gasteiger partial charge in [-0.2, -0.15) is 0 Å². The molecule has 0 N–H and O–H groups in total. The van der Waals surface area contributed by atoms with E-state index in [9.17, 15) is 0 Å². The SMILES string of the molecule is C[C]1CCCc2ccc(CC(C)(C)C)cc21. The maximum absolute atomic E-state index is 2.43. The number of benzene rings is 1. The molecule has 0 nitrogen and oxygen atoms in total. The lowest BCUT2D eigenvalue weighted by molar-refractivity contribution is 0.411. The summed E-state index contributed by atoms with van der Waals surface area (Å²) in [5.41, 5.74) is 4.97. The van der Waals surface area contributed by atoms with Crippen LogP contribution in [-0.2, 0) is 12.8 Å². The highest BCUT2D eigenvalue weighted by atomic mass is 14.2. The van der Waals surface area contributed by atoms with Crippen molar-refractivity contribution in [2.75, 3.05) is 0 Å². The van der Waals surface area contributed by atoms with E-state index in [0.29, 0.717) is 5.41 Å². The molecule has 0 bridgehead atoms. The first-order chi connectivity index (χ1) is 7.46. The van der Waals surface area contributed by atoms with E-state index < -0.39 is 0 Å². The fourth-order valence-corrected chi connectivity index (χ4v) is 2.64. The Morgan fingerprint density at radius 1 is 1.12 bits per heavy atom. The molecule has 0 aliphatic heterocycles. The molecular weight excluding hydrogens is 192 g/mol. The van der Waals surface area contributed by atoms with Crippen LogP contribution in [0.15, 0.2) is 18.2 Å². The molecule has 0 saturated heterocycles. The molecule has 0 saturated carbocycles. The zero-order chi connectivity index (χ0) is 11.8. The summed E-state index contributed by atoms with van der Waals surface area (Å²) < 4.78 is 0. The monoisotopic (exact) mass is 215 g/mol. The summed E-state index contributed by atoms with van der Waals surface area (Å²) in [5, 5.41) is 0. The molecule has 1 radical (unpaired) electrons. The van der Waals surface area contributed by atoms with E-state index in [-0.39, 0.29) is 0 Å². The molecule has 0 atom stereocenters. The van der Waals surface area contributed by atoms with E-state index in [2.05, 4.69) is 45.9 Å². The van der Waals surface area contributed by atoms with E-state index in [0.717, 1.165) is 0 Å². The van der Waals surface area contributed by atoms with Gasteiger partial charge in [0, 0.05) is 5.92 Å². The van der Waals surface area contributed by atoms with E-state index in [1.807, 2.05) is 0 Å². The van der Waals surface area contributed by atoms with Crippen molar-refractivity contribution in [3.63, 3.8) is 0 Å². The topological polar surface area (TPSA) is 0 Å². The van der Waals surface area contributed by atoms with Crippen LogP contribution in [0.2, 0.25) is 0 Å². The quantitative estimate of drug-likeness (QED) is 0.644. The predicted molar refractivity (Wildman–Crippen MR) is 70.6 cm³/mol. The minimum atomic E-state index is 0.386. The van der Waals surface area contributed by atoms with Crippen molar-refractivity contribution in [2.24, 2.45) is 5.41 Å². The van der Waals surface area contributed by atoms with Gasteiger partial charge in [0.1, 0.15) is 0 Å². The largest absolute Gasteiger partial charge is 0.0599 e. The standard InChI is InChI=1S/C16H23/c1-12-6-5-7-14-9-8-13(10-15(12)14)11-16(2,3)4/h8-10H,5-7,11H2,1-4H3. The smallest absolute Gasteiger partial charge is 0.00219 e. The lowest BCUT2D eigenvalue weighted by atomic mass is 9.81. The maximum atomic E-state index is 2.43. The van der Waals surface area contributed by atoms with Crippen LogP contribution in [0.3, 0.4) is 0 Å². The van der Waals surface area contributed by atoms with Crippen molar-refractivity contribution in [3.05, 3.63) is 40.8 Å². The van der Waals surface area contributed by atoms with E-state index in [1.54, 1.807) is 11.5 Å². The molecule has 0 fully saturated rings. The lowest BCUT2D eigenvalue weighted by Crippen LogP contribution is -2.12. The molecule has 0 spiro atoms. The predicted octanol–water partition coefficient (Wildman–Crippen LogP) is 4.55. The van der Waals surface area contributed by atoms with Crippen LogP contribution in [0, 0.1) is 11.3 Å². The Balaban J connectivity index is 2.27. The average Bonchev–Trinajstić information content (AvgIpc) is 2.17. The van der Waals surface area contributed by atoms with Gasteiger partial charge in [-0.1, -0.05) is 45.9 Å². The van der Waals surface area contributed by atoms with Gasteiger partial charge in [0.2, 0.25) is 0 Å². The van der Waals surface area contributed by atoms with Gasteiger partial charge in [0.15, 0.2) is 0 Å². The minimum Gasteiger partial charge on any atom is -0.0599 e. The van der Waals surface area contributed by atoms with E-state index >= 15 is 0 Å². The summed E-state index contributed by atoms with van der Waals surface area (Å²) in [5.74, 6) is 1.58. The summed E-state index contributed by atoms with van der Waals surface area (Å²) in [6.07, 6.45) is 5.06. The van der Waals surface area contributed by atoms with Crippen LogP contribution in [0.5, 0.6) is 0 Å². The first-order valence-electron chi connectivity index (χ1n) is 6.40. The Hall–Kier alpha value is -0.780. The number of rotatable bonds is 1. The van der Waals surface area contributed by atoms with Crippen LogP contribution in [0.25, 0.3) is 0 Å². The second-order valence-electron chi connectivity index (χ2n) is 6.36. The third kappa shape index (κ3) is 2.66. The lowest BCUT2D eigenvalue weighted by Gasteiger charge is -2.24. The number of aryl methyl sites for hydroxylation is 1. The highest BCUT2D eigenvalue weighted by Gasteiger charge is 2.18. The first kappa shape index (κ1) is 11.7. The molecule has 1 aromatic rings. The van der Waals surface area contributed by atoms with Crippen LogP contribution in [0.1, 0.15) is 57.2 Å². The fourth-order valence-electron chi connectivity index (χ4n) is 2.64.